The second-order valence-electron chi connectivity index (χ2n) is 5.48. The molecule has 24 heavy (non-hydrogen) atoms. The van der Waals surface area contributed by atoms with Gasteiger partial charge in [0.05, 0.1) is 0 Å². The molecule has 0 saturated heterocycles. The lowest BCUT2D eigenvalue weighted by Gasteiger charge is -2.14. The van der Waals surface area contributed by atoms with Gasteiger partial charge in [0.1, 0.15) is 22.5 Å². The molecule has 2 N–H and O–H groups in total. The lowest BCUT2D eigenvalue weighted by Crippen LogP contribution is -2.15. The van der Waals surface area contributed by atoms with Gasteiger partial charge in [0.2, 0.25) is 0 Å². The van der Waals surface area contributed by atoms with Crippen molar-refractivity contribution < 1.29 is 10.2 Å². The average molecular weight is 315 g/mol. The molecule has 0 spiro atoms. The van der Waals surface area contributed by atoms with Crippen molar-refractivity contribution in [2.24, 2.45) is 15.4 Å². The van der Waals surface area contributed by atoms with Crippen molar-refractivity contribution in [2.75, 3.05) is 0 Å². The summed E-state index contributed by atoms with van der Waals surface area (Å²) < 4.78 is 0. The maximum absolute atomic E-state index is 10.3. The maximum atomic E-state index is 10.3. The minimum atomic E-state index is 0.115. The molecule has 0 atom stereocenters. The summed E-state index contributed by atoms with van der Waals surface area (Å²) in [7, 11) is 0. The molecule has 0 amide bonds. The van der Waals surface area contributed by atoms with Crippen LogP contribution in [0.15, 0.2) is 70.0 Å². The van der Waals surface area contributed by atoms with Gasteiger partial charge in [0.15, 0.2) is 0 Å². The van der Waals surface area contributed by atoms with E-state index in [1.165, 1.54) is 0 Å². The Morgan fingerprint density at radius 2 is 1.38 bits per heavy atom. The van der Waals surface area contributed by atoms with Gasteiger partial charge >= 0.3 is 0 Å². The van der Waals surface area contributed by atoms with Crippen LogP contribution in [0.1, 0.15) is 0 Å². The molecule has 0 fully saturated rings. The van der Waals surface area contributed by atoms with E-state index >= 15 is 0 Å². The predicted octanol–water partition coefficient (Wildman–Crippen LogP) is 3.47. The van der Waals surface area contributed by atoms with Crippen LogP contribution in [0.25, 0.3) is 28.8 Å². The van der Waals surface area contributed by atoms with E-state index in [1.807, 2.05) is 12.1 Å². The largest absolute Gasteiger partial charge is 0.507 e. The van der Waals surface area contributed by atoms with Crippen LogP contribution in [0.4, 0.5) is 5.69 Å². The lowest BCUT2D eigenvalue weighted by atomic mass is 9.91. The summed E-state index contributed by atoms with van der Waals surface area (Å²) in [5.41, 5.74) is 3.16. The number of phenolic OH excluding ortho intramolecular Hbond substituents is 2. The van der Waals surface area contributed by atoms with Gasteiger partial charge in [0.25, 0.3) is 0 Å². The number of benzene rings is 3. The predicted molar refractivity (Wildman–Crippen MR) is 91.5 cm³/mol. The molecule has 0 aliphatic carbocycles. The normalized spacial score (nSPS) is 12.0. The fourth-order valence-corrected chi connectivity index (χ4v) is 2.95. The molecule has 0 radical (unpaired) electrons. The number of fused-ring (bicyclic) bond motifs is 1. The molecule has 3 aromatic rings. The second-order valence-corrected chi connectivity index (χ2v) is 5.48. The minimum Gasteiger partial charge on any atom is -0.507 e. The lowest BCUT2D eigenvalue weighted by molar-refractivity contribution is 0.476. The van der Waals surface area contributed by atoms with Gasteiger partial charge in [-0.3, -0.25) is 0 Å². The maximum Gasteiger partial charge on any atom is 0.124 e. The highest BCUT2D eigenvalue weighted by Crippen LogP contribution is 2.37. The molecule has 0 unspecified atom stereocenters. The Bertz CT molecular complexity index is 1100. The van der Waals surface area contributed by atoms with Crippen molar-refractivity contribution in [3.63, 3.8) is 0 Å². The van der Waals surface area contributed by atoms with Crippen LogP contribution >= 0.6 is 0 Å². The fraction of sp³-hybridized carbons (Fsp3) is 0. The van der Waals surface area contributed by atoms with Crippen molar-refractivity contribution >= 4 is 12.3 Å². The first kappa shape index (κ1) is 14.1. The first-order valence-corrected chi connectivity index (χ1v) is 7.38. The van der Waals surface area contributed by atoms with Gasteiger partial charge in [0, 0.05) is 22.3 Å². The van der Waals surface area contributed by atoms with E-state index in [0.717, 1.165) is 0 Å². The van der Waals surface area contributed by atoms with Gasteiger partial charge in [-0.05, 0) is 28.6 Å². The summed E-state index contributed by atoms with van der Waals surface area (Å²) in [4.78, 5) is 0. The molecule has 3 aromatic carbocycles. The molecular weight excluding hydrogens is 302 g/mol. The van der Waals surface area contributed by atoms with Crippen molar-refractivity contribution in [3.8, 4) is 33.8 Å². The molecule has 0 bridgehead atoms. The Kier molecular flexibility index (Phi) is 3.13. The first-order valence-electron chi connectivity index (χ1n) is 7.38. The zero-order valence-corrected chi connectivity index (χ0v) is 12.6. The third kappa shape index (κ3) is 2.06. The van der Waals surface area contributed by atoms with Gasteiger partial charge in [-0.1, -0.05) is 43.0 Å². The van der Waals surface area contributed by atoms with Crippen molar-refractivity contribution in [1.82, 2.24) is 0 Å². The van der Waals surface area contributed by atoms with Gasteiger partial charge < -0.3 is 10.2 Å². The molecule has 5 heteroatoms. The van der Waals surface area contributed by atoms with Crippen LogP contribution in [0.5, 0.6) is 11.5 Å². The standard InChI is InChI=1S/C19H13N3O2/c1-11-10-14-19(21-22-20-14)18(13-7-3-5-9-16(13)24)17(11)12-6-2-4-8-15(12)23/h2-10,23-24H,1H2. The summed E-state index contributed by atoms with van der Waals surface area (Å²) >= 11 is 0. The van der Waals surface area contributed by atoms with Crippen LogP contribution < -0.4 is 10.6 Å². The Morgan fingerprint density at radius 1 is 0.792 bits per heavy atom. The molecule has 4 rings (SSSR count). The number of phenols is 2. The average Bonchev–Trinajstić information content (AvgIpc) is 3.03. The highest BCUT2D eigenvalue weighted by atomic mass is 16.3. The zero-order valence-electron chi connectivity index (χ0n) is 12.6. The highest BCUT2D eigenvalue weighted by Gasteiger charge is 2.20. The molecule has 0 aromatic heterocycles. The highest BCUT2D eigenvalue weighted by molar-refractivity contribution is 5.89. The van der Waals surface area contributed by atoms with E-state index in [9.17, 15) is 10.2 Å². The fourth-order valence-electron chi connectivity index (χ4n) is 2.95. The van der Waals surface area contributed by atoms with E-state index in [2.05, 4.69) is 22.0 Å². The van der Waals surface area contributed by atoms with E-state index in [-0.39, 0.29) is 11.5 Å². The van der Waals surface area contributed by atoms with Crippen LogP contribution in [0.3, 0.4) is 0 Å². The van der Waals surface area contributed by atoms with Crippen LogP contribution in [0.2, 0.25) is 0 Å². The summed E-state index contributed by atoms with van der Waals surface area (Å²) in [6.45, 7) is 4.10. The first-order chi connectivity index (χ1) is 11.7. The quantitative estimate of drug-likeness (QED) is 0.759. The third-order valence-corrected chi connectivity index (χ3v) is 4.01. The van der Waals surface area contributed by atoms with Gasteiger partial charge in [-0.25, -0.2) is 0 Å². The van der Waals surface area contributed by atoms with Crippen molar-refractivity contribution in [1.29, 1.82) is 0 Å². The molecule has 5 nitrogen and oxygen atoms in total. The number of hydrogen-bond donors (Lipinski definition) is 2. The summed E-state index contributed by atoms with van der Waals surface area (Å²) in [6, 6.07) is 15.8. The number of para-hydroxylation sites is 2. The smallest absolute Gasteiger partial charge is 0.124 e. The van der Waals surface area contributed by atoms with Crippen LogP contribution in [-0.4, -0.2) is 10.2 Å². The number of nitrogens with zero attached hydrogens (tertiary/aromatic N) is 3. The van der Waals surface area contributed by atoms with Crippen molar-refractivity contribution in [2.45, 2.75) is 0 Å². The SMILES string of the molecule is C=c1cc2c(c(-c3ccccc3O)c1-c1ccccc1O)=NN=N2. The Morgan fingerprint density at radius 3 is 2.00 bits per heavy atom. The Labute approximate surface area is 137 Å². The molecule has 1 heterocycles. The van der Waals surface area contributed by atoms with E-state index in [0.29, 0.717) is 38.5 Å². The Balaban J connectivity index is 2.19. The Hall–Kier alpha value is -3.47. The number of hydrogen-bond acceptors (Lipinski definition) is 5. The van der Waals surface area contributed by atoms with Crippen molar-refractivity contribution in [3.05, 3.63) is 65.2 Å². The topological polar surface area (TPSA) is 77.5 Å². The third-order valence-electron chi connectivity index (χ3n) is 4.01. The van der Waals surface area contributed by atoms with Crippen LogP contribution in [0, 0.1) is 0 Å². The summed E-state index contributed by atoms with van der Waals surface area (Å²) in [6.07, 6.45) is 0. The number of rotatable bonds is 2. The monoisotopic (exact) mass is 315 g/mol. The summed E-state index contributed by atoms with van der Waals surface area (Å²) in [5.74, 6) is 0.245. The molecule has 116 valence electrons. The molecular formula is C19H13N3O2. The second kappa shape index (κ2) is 5.31. The van der Waals surface area contributed by atoms with Gasteiger partial charge in [-0.15, -0.1) is 10.2 Å². The zero-order chi connectivity index (χ0) is 16.7. The minimum absolute atomic E-state index is 0.115. The van der Waals surface area contributed by atoms with E-state index in [4.69, 9.17) is 0 Å². The molecule has 1 aliphatic heterocycles. The van der Waals surface area contributed by atoms with Gasteiger partial charge in [-0.2, -0.15) is 0 Å². The van der Waals surface area contributed by atoms with Crippen LogP contribution in [-0.2, 0) is 0 Å². The molecule has 0 saturated carbocycles. The number of aromatic hydroxyl groups is 2. The molecule has 1 aliphatic rings. The van der Waals surface area contributed by atoms with E-state index in [1.54, 1.807) is 42.5 Å². The van der Waals surface area contributed by atoms with E-state index < -0.39 is 0 Å². The summed E-state index contributed by atoms with van der Waals surface area (Å²) in [5, 5.41) is 33.7.